The Balaban J connectivity index is 1.26. The van der Waals surface area contributed by atoms with E-state index in [1.807, 2.05) is 11.4 Å². The predicted molar refractivity (Wildman–Crippen MR) is 123 cm³/mol. The van der Waals surface area contributed by atoms with E-state index in [1.54, 1.807) is 17.4 Å². The van der Waals surface area contributed by atoms with Gasteiger partial charge < -0.3 is 15.3 Å². The number of aromatic nitrogens is 4. The number of rotatable bonds is 6. The first-order valence-electron chi connectivity index (χ1n) is 11.2. The molecule has 0 amide bonds. The van der Waals surface area contributed by atoms with E-state index in [2.05, 4.69) is 38.4 Å². The minimum atomic E-state index is -0.0863. The van der Waals surface area contributed by atoms with Crippen LogP contribution in [0.5, 0.6) is 0 Å². The molecule has 10 heteroatoms. The maximum absolute atomic E-state index is 9.30. The quantitative estimate of drug-likeness (QED) is 0.524. The van der Waals surface area contributed by atoms with Crippen LogP contribution < -0.4 is 10.2 Å². The van der Waals surface area contributed by atoms with E-state index in [0.29, 0.717) is 36.1 Å². The number of thiophene rings is 1. The number of nitrogens with zero attached hydrogens (tertiary/aromatic N) is 6. The lowest BCUT2D eigenvalue weighted by molar-refractivity contribution is -0.0900. The van der Waals surface area contributed by atoms with Crippen molar-refractivity contribution < 1.29 is 5.11 Å². The Morgan fingerprint density at radius 1 is 1.41 bits per heavy atom. The van der Waals surface area contributed by atoms with Crippen LogP contribution in [0.4, 0.5) is 17.6 Å². The van der Waals surface area contributed by atoms with E-state index in [-0.39, 0.29) is 12.1 Å². The monoisotopic (exact) mass is 450 g/mol. The van der Waals surface area contributed by atoms with Crippen molar-refractivity contribution in [3.63, 3.8) is 0 Å². The molecule has 32 heavy (non-hydrogen) atoms. The second-order valence-corrected chi connectivity index (χ2v) is 10.2. The van der Waals surface area contributed by atoms with Crippen LogP contribution in [0, 0.1) is 11.3 Å². The maximum atomic E-state index is 9.30. The molecule has 3 aliphatic rings. The summed E-state index contributed by atoms with van der Waals surface area (Å²) >= 11 is 1.60. The summed E-state index contributed by atoms with van der Waals surface area (Å²) in [7, 11) is 2.10. The van der Waals surface area contributed by atoms with Crippen LogP contribution in [0.25, 0.3) is 10.2 Å². The third-order valence-corrected chi connectivity index (χ3v) is 8.42. The number of nitrogens with one attached hydrogen (secondary N) is 2. The molecule has 6 rings (SSSR count). The van der Waals surface area contributed by atoms with Crippen LogP contribution in [0.2, 0.25) is 0 Å². The van der Waals surface area contributed by atoms with Crippen LogP contribution in [-0.4, -0.2) is 60.9 Å². The van der Waals surface area contributed by atoms with E-state index >= 15 is 0 Å². The van der Waals surface area contributed by atoms with Gasteiger partial charge >= 0.3 is 0 Å². The summed E-state index contributed by atoms with van der Waals surface area (Å²) < 4.78 is 0. The molecule has 3 N–H and O–H groups in total. The number of aliphatic hydroxyl groups excluding tert-OH is 1. The second-order valence-electron chi connectivity index (χ2n) is 9.33. The molecule has 0 aromatic carbocycles. The van der Waals surface area contributed by atoms with E-state index in [4.69, 9.17) is 9.97 Å². The van der Waals surface area contributed by atoms with Gasteiger partial charge in [-0.2, -0.15) is 15.3 Å². The molecular formula is C22H26N8OS. The van der Waals surface area contributed by atoms with Crippen LogP contribution in [0.3, 0.4) is 0 Å². The zero-order valence-electron chi connectivity index (χ0n) is 18.0. The Kier molecular flexibility index (Phi) is 4.61. The van der Waals surface area contributed by atoms with Gasteiger partial charge in [0.25, 0.3) is 0 Å². The van der Waals surface area contributed by atoms with Crippen molar-refractivity contribution in [2.45, 2.75) is 68.8 Å². The molecule has 6 heterocycles. The summed E-state index contributed by atoms with van der Waals surface area (Å²) in [4.78, 5) is 15.6. The maximum Gasteiger partial charge on any atom is 0.228 e. The van der Waals surface area contributed by atoms with Crippen molar-refractivity contribution >= 4 is 39.1 Å². The van der Waals surface area contributed by atoms with Crippen molar-refractivity contribution in [1.82, 2.24) is 25.1 Å². The van der Waals surface area contributed by atoms with Crippen molar-refractivity contribution in [2.24, 2.45) is 0 Å². The zero-order chi connectivity index (χ0) is 21.9. The van der Waals surface area contributed by atoms with Crippen molar-refractivity contribution in [1.29, 1.82) is 5.26 Å². The molecule has 3 fully saturated rings. The molecule has 0 radical (unpaired) electrons. The summed E-state index contributed by atoms with van der Waals surface area (Å²) in [6.45, 7) is -0.0863. The average Bonchev–Trinajstić information content (AvgIpc) is 3.50. The molecule has 0 saturated carbocycles. The lowest BCUT2D eigenvalue weighted by atomic mass is 9.72. The number of hydrogen-bond acceptors (Lipinski definition) is 9. The minimum Gasteiger partial charge on any atom is -0.390 e. The van der Waals surface area contributed by atoms with E-state index in [9.17, 15) is 10.4 Å². The minimum absolute atomic E-state index is 0.0863. The largest absolute Gasteiger partial charge is 0.390 e. The highest BCUT2D eigenvalue weighted by atomic mass is 32.1. The van der Waals surface area contributed by atoms with Gasteiger partial charge in [0, 0.05) is 36.8 Å². The molecule has 3 aliphatic heterocycles. The normalized spacial score (nSPS) is 28.8. The van der Waals surface area contributed by atoms with Gasteiger partial charge in [0.1, 0.15) is 10.6 Å². The standard InChI is InChI=1S/C22H26N8OS/c1-29(15-9-14-2-4-22(5-6-23)11-16(10-15)30(14)22)21-25-19(17-3-7-32-20(17)26-21)24-18-8-13(12-31)27-28-18/h3,7-8,14-16,31H,2,4-5,9-12H2,1H3,(H2,24,25,26,27,28)/t14-,15-,16-,22?/m0/s1. The van der Waals surface area contributed by atoms with Crippen LogP contribution >= 0.6 is 11.3 Å². The highest BCUT2D eigenvalue weighted by Gasteiger charge is 2.60. The highest BCUT2D eigenvalue weighted by molar-refractivity contribution is 7.16. The SMILES string of the molecule is CN(c1nc(Nc2cc(CO)[nH]n2)c2ccsc2n1)[C@H]1C[C@@H]2CCC3(CC#N)C[C@H](C1)N23. The molecule has 0 aliphatic carbocycles. The number of hydrogen-bond donors (Lipinski definition) is 3. The number of anilines is 3. The Labute approximate surface area is 190 Å². The Hall–Kier alpha value is -2.74. The predicted octanol–water partition coefficient (Wildman–Crippen LogP) is 3.14. The second kappa shape index (κ2) is 7.40. The third-order valence-electron chi connectivity index (χ3n) is 7.61. The lowest BCUT2D eigenvalue weighted by Crippen LogP contribution is -2.68. The van der Waals surface area contributed by atoms with Crippen molar-refractivity contribution in [3.05, 3.63) is 23.2 Å². The number of fused-ring (bicyclic) bond motifs is 1. The van der Waals surface area contributed by atoms with Crippen LogP contribution in [0.1, 0.15) is 44.2 Å². The van der Waals surface area contributed by atoms with Gasteiger partial charge in [-0.05, 0) is 43.6 Å². The molecule has 3 aromatic heterocycles. The molecular weight excluding hydrogens is 424 g/mol. The Bertz CT molecular complexity index is 1200. The van der Waals surface area contributed by atoms with Gasteiger partial charge in [0.05, 0.1) is 30.2 Å². The summed E-state index contributed by atoms with van der Waals surface area (Å²) in [6.07, 6.45) is 6.34. The number of aromatic amines is 1. The molecule has 3 aromatic rings. The number of nitriles is 1. The topological polar surface area (TPSA) is 117 Å². The molecule has 9 nitrogen and oxygen atoms in total. The van der Waals surface area contributed by atoms with Gasteiger partial charge in [-0.3, -0.25) is 10.00 Å². The summed E-state index contributed by atoms with van der Waals surface area (Å²) in [6, 6.07) is 7.75. The summed E-state index contributed by atoms with van der Waals surface area (Å²) in [5.41, 5.74) is 0.811. The zero-order valence-corrected chi connectivity index (χ0v) is 18.8. The van der Waals surface area contributed by atoms with E-state index in [0.717, 1.165) is 47.7 Å². The van der Waals surface area contributed by atoms with Gasteiger partial charge in [0.15, 0.2) is 5.82 Å². The van der Waals surface area contributed by atoms with Crippen LogP contribution in [0.15, 0.2) is 17.5 Å². The highest BCUT2D eigenvalue weighted by Crippen LogP contribution is 2.55. The fourth-order valence-electron chi connectivity index (χ4n) is 6.16. The third kappa shape index (κ3) is 2.99. The first-order chi connectivity index (χ1) is 15.6. The average molecular weight is 451 g/mol. The molecule has 0 bridgehead atoms. The Morgan fingerprint density at radius 2 is 2.28 bits per heavy atom. The van der Waals surface area contributed by atoms with Crippen molar-refractivity contribution in [3.8, 4) is 6.07 Å². The van der Waals surface area contributed by atoms with Gasteiger partial charge in [0.2, 0.25) is 5.95 Å². The lowest BCUT2D eigenvalue weighted by Gasteiger charge is -2.60. The van der Waals surface area contributed by atoms with Gasteiger partial charge in [-0.1, -0.05) is 0 Å². The molecule has 1 unspecified atom stereocenters. The molecule has 166 valence electrons. The fraction of sp³-hybridized carbons (Fsp3) is 0.545. The number of aliphatic hydroxyl groups is 1. The molecule has 3 saturated heterocycles. The molecule has 4 atom stereocenters. The number of piperidine rings is 1. The van der Waals surface area contributed by atoms with Crippen LogP contribution in [-0.2, 0) is 6.61 Å². The molecule has 0 spiro atoms. The Morgan fingerprint density at radius 3 is 3.09 bits per heavy atom. The van der Waals surface area contributed by atoms with Crippen molar-refractivity contribution in [2.75, 3.05) is 17.3 Å². The first kappa shape index (κ1) is 19.9. The van der Waals surface area contributed by atoms with Gasteiger partial charge in [-0.15, -0.1) is 11.3 Å². The number of H-pyrrole nitrogens is 1. The smallest absolute Gasteiger partial charge is 0.228 e. The fourth-order valence-corrected chi connectivity index (χ4v) is 6.92. The summed E-state index contributed by atoms with van der Waals surface area (Å²) in [5, 5.41) is 31.9. The van der Waals surface area contributed by atoms with E-state index in [1.165, 1.54) is 6.42 Å². The van der Waals surface area contributed by atoms with Gasteiger partial charge in [-0.25, -0.2) is 4.98 Å². The first-order valence-corrected chi connectivity index (χ1v) is 12.0. The van der Waals surface area contributed by atoms with E-state index < -0.39 is 0 Å². The summed E-state index contributed by atoms with van der Waals surface area (Å²) in [5.74, 6) is 2.07.